The number of carbonyl (C=O) groups excluding carboxylic acids is 1. The highest BCUT2D eigenvalue weighted by Gasteiger charge is 2.35. The number of hydrogen-bond acceptors (Lipinski definition) is 4. The molecule has 0 unspecified atom stereocenters. The van der Waals surface area contributed by atoms with E-state index in [1.807, 2.05) is 36.0 Å². The maximum Gasteiger partial charge on any atom is 0.414 e. The zero-order chi connectivity index (χ0) is 17.0. The highest BCUT2D eigenvalue weighted by Crippen LogP contribution is 2.38. The standard InChI is InChI=1S/C17H14N4O3/c1-20-7-5-11-10(4-6-19-15(11)20)9-2-3-13(18)14-12(9)8-21(16(14)22)17(23)24/h2-7H,8,18H2,1H3,(H,23,24). The number of nitrogens with two attached hydrogens (primary N) is 1. The Morgan fingerprint density at radius 2 is 2.04 bits per heavy atom. The van der Waals surface area contributed by atoms with Crippen LogP contribution < -0.4 is 5.73 Å². The Morgan fingerprint density at radius 3 is 2.79 bits per heavy atom. The molecule has 0 atom stereocenters. The number of nitrogens with zero attached hydrogens (tertiary/aromatic N) is 3. The van der Waals surface area contributed by atoms with Crippen molar-refractivity contribution in [2.24, 2.45) is 7.05 Å². The lowest BCUT2D eigenvalue weighted by molar-refractivity contribution is 0.0764. The summed E-state index contributed by atoms with van der Waals surface area (Å²) in [5.41, 5.74) is 9.65. The predicted octanol–water partition coefficient (Wildman–Crippen LogP) is 2.46. The van der Waals surface area contributed by atoms with E-state index in [-0.39, 0.29) is 12.1 Å². The van der Waals surface area contributed by atoms with E-state index in [0.29, 0.717) is 11.3 Å². The summed E-state index contributed by atoms with van der Waals surface area (Å²) in [6.45, 7) is 0.000519. The summed E-state index contributed by atoms with van der Waals surface area (Å²) in [7, 11) is 1.90. The second-order valence-corrected chi connectivity index (χ2v) is 5.75. The van der Waals surface area contributed by atoms with Crippen LogP contribution in [0.5, 0.6) is 0 Å². The van der Waals surface area contributed by atoms with Gasteiger partial charge in [0.2, 0.25) is 0 Å². The smallest absolute Gasteiger partial charge is 0.414 e. The van der Waals surface area contributed by atoms with Crippen LogP contribution in [0.15, 0.2) is 36.7 Å². The first-order chi connectivity index (χ1) is 11.5. The highest BCUT2D eigenvalue weighted by molar-refractivity contribution is 6.11. The molecule has 1 aliphatic rings. The Hall–Kier alpha value is -3.35. The van der Waals surface area contributed by atoms with Crippen molar-refractivity contribution in [2.45, 2.75) is 6.54 Å². The molecule has 7 nitrogen and oxygen atoms in total. The van der Waals surface area contributed by atoms with Gasteiger partial charge in [-0.3, -0.25) is 4.79 Å². The molecule has 7 heteroatoms. The minimum atomic E-state index is -1.28. The third-order valence-corrected chi connectivity index (χ3v) is 4.41. The van der Waals surface area contributed by atoms with E-state index in [4.69, 9.17) is 5.73 Å². The fourth-order valence-electron chi connectivity index (χ4n) is 3.25. The second-order valence-electron chi connectivity index (χ2n) is 5.75. The van der Waals surface area contributed by atoms with Crippen LogP contribution in [0.1, 0.15) is 15.9 Å². The van der Waals surface area contributed by atoms with Crippen LogP contribution >= 0.6 is 0 Å². The summed E-state index contributed by atoms with van der Waals surface area (Å²) in [5, 5.41) is 10.2. The molecular weight excluding hydrogens is 308 g/mol. The van der Waals surface area contributed by atoms with Gasteiger partial charge in [0.15, 0.2) is 0 Å². The van der Waals surface area contributed by atoms with Crippen LogP contribution in [-0.4, -0.2) is 31.6 Å². The third kappa shape index (κ3) is 1.81. The lowest BCUT2D eigenvalue weighted by Gasteiger charge is -2.10. The first-order valence-corrected chi connectivity index (χ1v) is 7.35. The van der Waals surface area contributed by atoms with Gasteiger partial charge < -0.3 is 15.4 Å². The van der Waals surface area contributed by atoms with Gasteiger partial charge in [-0.1, -0.05) is 6.07 Å². The van der Waals surface area contributed by atoms with Gasteiger partial charge in [0.05, 0.1) is 12.1 Å². The maximum absolute atomic E-state index is 12.4. The number of carboxylic acid groups (broad SMARTS) is 1. The van der Waals surface area contributed by atoms with Crippen LogP contribution in [0.3, 0.4) is 0 Å². The van der Waals surface area contributed by atoms with Gasteiger partial charge in [0.1, 0.15) is 5.65 Å². The van der Waals surface area contributed by atoms with E-state index < -0.39 is 12.0 Å². The summed E-state index contributed by atoms with van der Waals surface area (Å²) in [4.78, 5) is 28.8. The largest absolute Gasteiger partial charge is 0.465 e. The minimum absolute atomic E-state index is 0.000519. The normalized spacial score (nSPS) is 13.5. The summed E-state index contributed by atoms with van der Waals surface area (Å²) in [6.07, 6.45) is 2.33. The molecule has 0 fully saturated rings. The van der Waals surface area contributed by atoms with Gasteiger partial charge in [0, 0.05) is 30.5 Å². The zero-order valence-electron chi connectivity index (χ0n) is 12.9. The molecular formula is C17H14N4O3. The molecule has 3 N–H and O–H groups in total. The number of pyridine rings is 1. The number of anilines is 1. The predicted molar refractivity (Wildman–Crippen MR) is 88.5 cm³/mol. The number of amides is 2. The van der Waals surface area contributed by atoms with Gasteiger partial charge in [0.25, 0.3) is 5.91 Å². The van der Waals surface area contributed by atoms with Gasteiger partial charge in [-0.15, -0.1) is 0 Å². The number of hydrogen-bond donors (Lipinski definition) is 2. The number of rotatable bonds is 1. The van der Waals surface area contributed by atoms with Gasteiger partial charge >= 0.3 is 6.09 Å². The summed E-state index contributed by atoms with van der Waals surface area (Å²) in [5.74, 6) is -0.574. The van der Waals surface area contributed by atoms with Gasteiger partial charge in [-0.05, 0) is 34.9 Å². The van der Waals surface area contributed by atoms with Crippen LogP contribution in [0, 0.1) is 0 Å². The van der Waals surface area contributed by atoms with Crippen LogP contribution in [0.25, 0.3) is 22.2 Å². The van der Waals surface area contributed by atoms with Crippen molar-refractivity contribution in [3.8, 4) is 11.1 Å². The molecule has 24 heavy (non-hydrogen) atoms. The molecule has 0 bridgehead atoms. The van der Waals surface area contributed by atoms with Crippen molar-refractivity contribution in [3.63, 3.8) is 0 Å². The van der Waals surface area contributed by atoms with Crippen molar-refractivity contribution in [1.82, 2.24) is 14.5 Å². The van der Waals surface area contributed by atoms with Crippen molar-refractivity contribution in [1.29, 1.82) is 0 Å². The molecule has 1 aromatic carbocycles. The first kappa shape index (κ1) is 14.3. The van der Waals surface area contributed by atoms with Crippen molar-refractivity contribution >= 4 is 28.7 Å². The number of carbonyl (C=O) groups is 2. The monoisotopic (exact) mass is 322 g/mol. The topological polar surface area (TPSA) is 101 Å². The van der Waals surface area contributed by atoms with Crippen LogP contribution in [0.4, 0.5) is 10.5 Å². The van der Waals surface area contributed by atoms with Gasteiger partial charge in [-0.2, -0.15) is 0 Å². The lowest BCUT2D eigenvalue weighted by Crippen LogP contribution is -2.29. The van der Waals surface area contributed by atoms with E-state index >= 15 is 0 Å². The van der Waals surface area contributed by atoms with Crippen molar-refractivity contribution in [3.05, 3.63) is 47.8 Å². The zero-order valence-corrected chi connectivity index (χ0v) is 12.9. The maximum atomic E-state index is 12.4. The number of benzene rings is 1. The van der Waals surface area contributed by atoms with Crippen LogP contribution in [-0.2, 0) is 13.6 Å². The highest BCUT2D eigenvalue weighted by atomic mass is 16.4. The third-order valence-electron chi connectivity index (χ3n) is 4.41. The number of aryl methyl sites for hydroxylation is 1. The van der Waals surface area contributed by atoms with Gasteiger partial charge in [-0.25, -0.2) is 14.7 Å². The first-order valence-electron chi connectivity index (χ1n) is 7.35. The Kier molecular flexibility index (Phi) is 2.86. The molecule has 3 aromatic rings. The SMILES string of the molecule is Cn1ccc2c(-c3ccc(N)c4c3CN(C(=O)O)C4=O)ccnc21. The van der Waals surface area contributed by atoms with E-state index in [1.54, 1.807) is 12.3 Å². The lowest BCUT2D eigenvalue weighted by atomic mass is 9.95. The number of imide groups is 1. The molecule has 2 aromatic heterocycles. The van der Waals surface area contributed by atoms with Crippen LogP contribution in [0.2, 0.25) is 0 Å². The summed E-state index contributed by atoms with van der Waals surface area (Å²) < 4.78 is 1.91. The van der Waals surface area contributed by atoms with E-state index in [0.717, 1.165) is 27.1 Å². The molecule has 4 rings (SSSR count). The Bertz CT molecular complexity index is 1020. The minimum Gasteiger partial charge on any atom is -0.465 e. The molecule has 0 radical (unpaired) electrons. The number of fused-ring (bicyclic) bond motifs is 2. The summed E-state index contributed by atoms with van der Waals surface area (Å²) in [6, 6.07) is 7.29. The average molecular weight is 322 g/mol. The molecule has 0 saturated heterocycles. The second kappa shape index (κ2) is 4.82. The molecule has 0 saturated carbocycles. The Labute approximate surface area is 136 Å². The molecule has 0 aliphatic carbocycles. The fraction of sp³-hybridized carbons (Fsp3) is 0.118. The van der Waals surface area contributed by atoms with Crippen molar-refractivity contribution < 1.29 is 14.7 Å². The molecule has 0 spiro atoms. The fourth-order valence-corrected chi connectivity index (χ4v) is 3.25. The molecule has 120 valence electrons. The molecule has 2 amide bonds. The number of aromatic nitrogens is 2. The summed E-state index contributed by atoms with van der Waals surface area (Å²) >= 11 is 0. The number of nitrogen functional groups attached to an aromatic ring is 1. The Balaban J connectivity index is 1.99. The molecule has 1 aliphatic heterocycles. The Morgan fingerprint density at radius 1 is 1.25 bits per heavy atom. The average Bonchev–Trinajstić information content (AvgIpc) is 3.10. The molecule has 3 heterocycles. The quantitative estimate of drug-likeness (QED) is 0.670. The van der Waals surface area contributed by atoms with E-state index in [1.165, 1.54) is 0 Å². The van der Waals surface area contributed by atoms with E-state index in [2.05, 4.69) is 4.98 Å². The van der Waals surface area contributed by atoms with E-state index in [9.17, 15) is 14.7 Å². The van der Waals surface area contributed by atoms with Crippen molar-refractivity contribution in [2.75, 3.05) is 5.73 Å².